The van der Waals surface area contributed by atoms with E-state index in [9.17, 15) is 0 Å². The van der Waals surface area contributed by atoms with Crippen LogP contribution < -0.4 is 4.74 Å². The van der Waals surface area contributed by atoms with Gasteiger partial charge in [0, 0.05) is 0 Å². The first-order chi connectivity index (χ1) is 7.72. The van der Waals surface area contributed by atoms with Crippen molar-refractivity contribution in [1.29, 1.82) is 0 Å². The lowest BCUT2D eigenvalue weighted by atomic mass is 10.2. The number of aryl methyl sites for hydroxylation is 2. The molecule has 1 heterocycles. The molecule has 0 amide bonds. The number of fused-ring (bicyclic) bond motifs is 2. The van der Waals surface area contributed by atoms with E-state index in [2.05, 4.69) is 44.2 Å². The third kappa shape index (κ3) is 1.59. The lowest BCUT2D eigenvalue weighted by molar-refractivity contribution is 0.454. The average molecular weight is 228 g/mol. The zero-order valence-corrected chi connectivity index (χ0v) is 10.1. The van der Waals surface area contributed by atoms with E-state index in [1.165, 1.54) is 20.9 Å². The molecule has 0 aromatic heterocycles. The standard InChI is InChI=1S/C14H12OS/c1-9-4-6-13-12(7-9)15-11-5-3-10(2)8-14(11)16-13/h3-8H,1-2H3. The summed E-state index contributed by atoms with van der Waals surface area (Å²) >= 11 is 1.78. The van der Waals surface area contributed by atoms with E-state index in [-0.39, 0.29) is 0 Å². The molecule has 16 heavy (non-hydrogen) atoms. The molecular formula is C14H12OS. The minimum atomic E-state index is 0.966. The van der Waals surface area contributed by atoms with E-state index in [4.69, 9.17) is 4.74 Å². The maximum Gasteiger partial charge on any atom is 0.141 e. The highest BCUT2D eigenvalue weighted by atomic mass is 32.2. The van der Waals surface area contributed by atoms with Crippen LogP contribution in [0.15, 0.2) is 46.2 Å². The second kappa shape index (κ2) is 3.56. The highest BCUT2D eigenvalue weighted by molar-refractivity contribution is 7.99. The number of hydrogen-bond acceptors (Lipinski definition) is 2. The van der Waals surface area contributed by atoms with Gasteiger partial charge in [-0.3, -0.25) is 0 Å². The van der Waals surface area contributed by atoms with Crippen molar-refractivity contribution < 1.29 is 4.74 Å². The van der Waals surface area contributed by atoms with Gasteiger partial charge in [-0.25, -0.2) is 0 Å². The molecule has 0 unspecified atom stereocenters. The summed E-state index contributed by atoms with van der Waals surface area (Å²) in [5.74, 6) is 1.94. The fourth-order valence-corrected chi connectivity index (χ4v) is 2.82. The van der Waals surface area contributed by atoms with Gasteiger partial charge in [0.1, 0.15) is 11.5 Å². The lowest BCUT2D eigenvalue weighted by Gasteiger charge is -2.20. The Balaban J connectivity index is 2.09. The predicted octanol–water partition coefficient (Wildman–Crippen LogP) is 4.56. The van der Waals surface area contributed by atoms with Gasteiger partial charge in [0.05, 0.1) is 9.79 Å². The van der Waals surface area contributed by atoms with Crippen molar-refractivity contribution in [2.75, 3.05) is 0 Å². The Morgan fingerprint density at radius 1 is 0.812 bits per heavy atom. The summed E-state index contributed by atoms with van der Waals surface area (Å²) in [5, 5.41) is 0. The number of benzene rings is 2. The summed E-state index contributed by atoms with van der Waals surface area (Å²) in [6.07, 6.45) is 0. The van der Waals surface area contributed by atoms with Gasteiger partial charge in [-0.2, -0.15) is 0 Å². The summed E-state index contributed by atoms with van der Waals surface area (Å²) in [7, 11) is 0. The first-order valence-electron chi connectivity index (χ1n) is 5.29. The Hall–Kier alpha value is -1.41. The van der Waals surface area contributed by atoms with Crippen LogP contribution in [0.5, 0.6) is 11.5 Å². The smallest absolute Gasteiger partial charge is 0.141 e. The van der Waals surface area contributed by atoms with Crippen molar-refractivity contribution in [1.82, 2.24) is 0 Å². The second-order valence-corrected chi connectivity index (χ2v) is 5.19. The molecule has 1 aliphatic rings. The van der Waals surface area contributed by atoms with Crippen molar-refractivity contribution in [3.05, 3.63) is 47.5 Å². The van der Waals surface area contributed by atoms with Crippen LogP contribution in [0.2, 0.25) is 0 Å². The molecule has 2 aromatic carbocycles. The van der Waals surface area contributed by atoms with Crippen LogP contribution in [-0.2, 0) is 0 Å². The molecule has 3 rings (SSSR count). The highest BCUT2D eigenvalue weighted by Gasteiger charge is 2.17. The third-order valence-corrected chi connectivity index (χ3v) is 3.73. The molecule has 1 nitrogen and oxygen atoms in total. The molecule has 0 fully saturated rings. The molecule has 0 spiro atoms. The summed E-state index contributed by atoms with van der Waals surface area (Å²) in [5.41, 5.74) is 2.50. The Morgan fingerprint density at radius 3 is 2.44 bits per heavy atom. The van der Waals surface area contributed by atoms with Crippen molar-refractivity contribution in [3.63, 3.8) is 0 Å². The molecule has 80 valence electrons. The molecule has 0 radical (unpaired) electrons. The Bertz CT molecular complexity index is 509. The van der Waals surface area contributed by atoms with E-state index in [0.29, 0.717) is 0 Å². The van der Waals surface area contributed by atoms with Crippen LogP contribution >= 0.6 is 11.8 Å². The van der Waals surface area contributed by atoms with E-state index < -0.39 is 0 Å². The minimum absolute atomic E-state index is 0.966. The first-order valence-corrected chi connectivity index (χ1v) is 6.11. The van der Waals surface area contributed by atoms with E-state index >= 15 is 0 Å². The maximum absolute atomic E-state index is 5.89. The fourth-order valence-electron chi connectivity index (χ4n) is 1.80. The van der Waals surface area contributed by atoms with Crippen LogP contribution in [0.1, 0.15) is 11.1 Å². The van der Waals surface area contributed by atoms with Crippen molar-refractivity contribution in [3.8, 4) is 11.5 Å². The van der Waals surface area contributed by atoms with E-state index in [1.54, 1.807) is 11.8 Å². The normalized spacial score (nSPS) is 12.6. The largest absolute Gasteiger partial charge is 0.455 e. The van der Waals surface area contributed by atoms with Gasteiger partial charge in [-0.1, -0.05) is 23.9 Å². The van der Waals surface area contributed by atoms with Crippen LogP contribution in [0, 0.1) is 13.8 Å². The van der Waals surface area contributed by atoms with Crippen LogP contribution in [0.3, 0.4) is 0 Å². The monoisotopic (exact) mass is 228 g/mol. The number of ether oxygens (including phenoxy) is 1. The zero-order valence-electron chi connectivity index (χ0n) is 9.28. The first kappa shape index (κ1) is 9.79. The van der Waals surface area contributed by atoms with Crippen molar-refractivity contribution in [2.24, 2.45) is 0 Å². The fraction of sp³-hybridized carbons (Fsp3) is 0.143. The SMILES string of the molecule is Cc1ccc2c(c1)Oc1ccc(C)cc1S2. The van der Waals surface area contributed by atoms with Gasteiger partial charge in [0.15, 0.2) is 0 Å². The van der Waals surface area contributed by atoms with Crippen LogP contribution in [-0.4, -0.2) is 0 Å². The lowest BCUT2D eigenvalue weighted by Crippen LogP contribution is -1.95. The maximum atomic E-state index is 5.89. The molecule has 1 aliphatic heterocycles. The second-order valence-electron chi connectivity index (χ2n) is 4.10. The number of rotatable bonds is 0. The van der Waals surface area contributed by atoms with Gasteiger partial charge >= 0.3 is 0 Å². The van der Waals surface area contributed by atoms with Crippen molar-refractivity contribution in [2.45, 2.75) is 23.6 Å². The van der Waals surface area contributed by atoms with Gasteiger partial charge < -0.3 is 4.74 Å². The summed E-state index contributed by atoms with van der Waals surface area (Å²) in [6, 6.07) is 12.6. The van der Waals surface area contributed by atoms with Gasteiger partial charge in [-0.05, 0) is 49.2 Å². The highest BCUT2D eigenvalue weighted by Crippen LogP contribution is 2.47. The Kier molecular flexibility index (Phi) is 2.18. The Labute approximate surface area is 99.4 Å². The topological polar surface area (TPSA) is 9.23 Å². The summed E-state index contributed by atoms with van der Waals surface area (Å²) in [6.45, 7) is 4.18. The molecule has 0 bridgehead atoms. The average Bonchev–Trinajstić information content (AvgIpc) is 2.26. The summed E-state index contributed by atoms with van der Waals surface area (Å²) in [4.78, 5) is 2.40. The molecule has 0 aliphatic carbocycles. The zero-order chi connectivity index (χ0) is 11.1. The Morgan fingerprint density at radius 2 is 1.56 bits per heavy atom. The van der Waals surface area contributed by atoms with Gasteiger partial charge in [0.25, 0.3) is 0 Å². The van der Waals surface area contributed by atoms with Crippen LogP contribution in [0.25, 0.3) is 0 Å². The quantitative estimate of drug-likeness (QED) is 0.558. The molecule has 2 heteroatoms. The molecule has 0 saturated heterocycles. The molecule has 0 saturated carbocycles. The molecule has 0 atom stereocenters. The van der Waals surface area contributed by atoms with Crippen molar-refractivity contribution >= 4 is 11.8 Å². The molecule has 2 aromatic rings. The van der Waals surface area contributed by atoms with Gasteiger partial charge in [-0.15, -0.1) is 0 Å². The molecule has 0 N–H and O–H groups in total. The third-order valence-electron chi connectivity index (χ3n) is 2.64. The van der Waals surface area contributed by atoms with Gasteiger partial charge in [0.2, 0.25) is 0 Å². The summed E-state index contributed by atoms with van der Waals surface area (Å²) < 4.78 is 5.89. The predicted molar refractivity (Wildman–Crippen MR) is 66.6 cm³/mol. The molecular weight excluding hydrogens is 216 g/mol. The minimum Gasteiger partial charge on any atom is -0.455 e. The van der Waals surface area contributed by atoms with Crippen LogP contribution in [0.4, 0.5) is 0 Å². The van der Waals surface area contributed by atoms with E-state index in [1.807, 2.05) is 6.07 Å². The van der Waals surface area contributed by atoms with E-state index in [0.717, 1.165) is 11.5 Å². The number of hydrogen-bond donors (Lipinski definition) is 0.